The van der Waals surface area contributed by atoms with Crippen LogP contribution in [0.2, 0.25) is 0 Å². The number of halogens is 4. The second-order valence-corrected chi connectivity index (χ2v) is 12.8. The van der Waals surface area contributed by atoms with Crippen molar-refractivity contribution in [3.63, 3.8) is 0 Å². The molecule has 8 nitrogen and oxygen atoms in total. The highest BCUT2D eigenvalue weighted by Gasteiger charge is 2.38. The Bertz CT molecular complexity index is 1740. The Morgan fingerprint density at radius 2 is 1.44 bits per heavy atom. The summed E-state index contributed by atoms with van der Waals surface area (Å²) >= 11 is 3.51. The van der Waals surface area contributed by atoms with Gasteiger partial charge in [0.2, 0.25) is 5.91 Å². The molecule has 0 atom stereocenters. The fraction of sp³-hybridized carbons (Fsp3) is 0.289. The number of nitrogens with one attached hydrogen (secondary N) is 1. The van der Waals surface area contributed by atoms with Gasteiger partial charge in [-0.1, -0.05) is 70.5 Å². The van der Waals surface area contributed by atoms with Crippen molar-refractivity contribution in [3.8, 4) is 16.9 Å². The number of carbonyl (C=O) groups is 3. The molecule has 0 aliphatic carbocycles. The Morgan fingerprint density at radius 1 is 0.820 bits per heavy atom. The number of phenols is 1. The molecular weight excluding hydrogens is 715 g/mol. The van der Waals surface area contributed by atoms with Gasteiger partial charge in [-0.25, -0.2) is 4.79 Å². The summed E-state index contributed by atoms with van der Waals surface area (Å²) in [5.41, 5.74) is 5.64. The molecule has 0 bridgehead atoms. The molecule has 1 saturated heterocycles. The van der Waals surface area contributed by atoms with Crippen LogP contribution in [0.3, 0.4) is 0 Å². The molecule has 2 amide bonds. The van der Waals surface area contributed by atoms with E-state index in [0.717, 1.165) is 51.9 Å². The minimum Gasteiger partial charge on any atom is -0.508 e. The number of rotatable bonds is 12. The number of alkyl halides is 3. The molecule has 0 unspecified atom stereocenters. The summed E-state index contributed by atoms with van der Waals surface area (Å²) in [7, 11) is 0. The molecule has 3 N–H and O–H groups in total. The van der Waals surface area contributed by atoms with E-state index in [-0.39, 0.29) is 17.6 Å². The van der Waals surface area contributed by atoms with Crippen LogP contribution in [0, 0.1) is 0 Å². The van der Waals surface area contributed by atoms with Crippen LogP contribution in [0.1, 0.15) is 39.9 Å². The molecule has 0 spiro atoms. The number of likely N-dealkylation sites (tertiary alicyclic amines) is 1. The fourth-order valence-corrected chi connectivity index (χ4v) is 5.94. The maximum atomic E-state index is 13.6. The predicted molar refractivity (Wildman–Crippen MR) is 189 cm³/mol. The molecule has 12 heteroatoms. The maximum absolute atomic E-state index is 13.6. The van der Waals surface area contributed by atoms with Crippen molar-refractivity contribution in [2.45, 2.75) is 38.4 Å². The number of aromatic hydroxyl groups is 1. The molecule has 0 aromatic heterocycles. The largest absolute Gasteiger partial charge is 0.508 e. The monoisotopic (exact) mass is 753 g/mol. The number of carboxylic acids is 1. The normalized spacial score (nSPS) is 12.9. The lowest BCUT2D eigenvalue weighted by molar-refractivity contribution is -0.192. The summed E-state index contributed by atoms with van der Waals surface area (Å²) in [6, 6.07) is 30.9. The van der Waals surface area contributed by atoms with Crippen LogP contribution < -0.4 is 5.32 Å². The first-order valence-electron chi connectivity index (χ1n) is 16.2. The Morgan fingerprint density at radius 3 is 2.10 bits per heavy atom. The number of carboxylic acid groups (broad SMARTS) is 1. The summed E-state index contributed by atoms with van der Waals surface area (Å²) in [5, 5.41) is 19.8. The maximum Gasteiger partial charge on any atom is 0.490 e. The number of hydrogen-bond donors (Lipinski definition) is 3. The van der Waals surface area contributed by atoms with Crippen LogP contribution in [0.4, 0.5) is 13.2 Å². The number of benzene rings is 4. The highest BCUT2D eigenvalue weighted by atomic mass is 79.9. The third-order valence-corrected chi connectivity index (χ3v) is 8.61. The highest BCUT2D eigenvalue weighted by Crippen LogP contribution is 2.23. The van der Waals surface area contributed by atoms with Crippen LogP contribution >= 0.6 is 15.9 Å². The zero-order valence-corrected chi connectivity index (χ0v) is 28.9. The molecule has 50 heavy (non-hydrogen) atoms. The number of carbonyl (C=O) groups excluding carboxylic acids is 2. The lowest BCUT2D eigenvalue weighted by Crippen LogP contribution is -2.33. The third-order valence-electron chi connectivity index (χ3n) is 8.12. The van der Waals surface area contributed by atoms with E-state index in [4.69, 9.17) is 9.90 Å². The molecule has 4 aromatic rings. The lowest BCUT2D eigenvalue weighted by Gasteiger charge is -2.24. The van der Waals surface area contributed by atoms with Crippen LogP contribution in [0.15, 0.2) is 102 Å². The second-order valence-electron chi connectivity index (χ2n) is 11.9. The van der Waals surface area contributed by atoms with Gasteiger partial charge in [-0.15, -0.1) is 0 Å². The summed E-state index contributed by atoms with van der Waals surface area (Å²) in [4.78, 5) is 39.6. The smallest absolute Gasteiger partial charge is 0.490 e. The number of aliphatic carboxylic acids is 1. The van der Waals surface area contributed by atoms with E-state index in [9.17, 15) is 27.9 Å². The van der Waals surface area contributed by atoms with Gasteiger partial charge >= 0.3 is 12.1 Å². The average molecular weight is 755 g/mol. The van der Waals surface area contributed by atoms with Crippen LogP contribution in [0.5, 0.6) is 5.75 Å². The van der Waals surface area contributed by atoms with E-state index in [1.807, 2.05) is 83.8 Å². The van der Waals surface area contributed by atoms with Crippen LogP contribution in [-0.4, -0.2) is 76.7 Å². The van der Waals surface area contributed by atoms with Crippen LogP contribution in [-0.2, 0) is 29.0 Å². The molecule has 0 saturated carbocycles. The molecule has 4 aromatic carbocycles. The van der Waals surface area contributed by atoms with E-state index in [2.05, 4.69) is 32.2 Å². The highest BCUT2D eigenvalue weighted by molar-refractivity contribution is 9.10. The van der Waals surface area contributed by atoms with E-state index >= 15 is 0 Å². The van der Waals surface area contributed by atoms with Crippen LogP contribution in [0.25, 0.3) is 11.1 Å². The van der Waals surface area contributed by atoms with E-state index in [1.165, 1.54) is 12.8 Å². The zero-order chi connectivity index (χ0) is 36.1. The number of nitrogens with zero attached hydrogens (tertiary/aromatic N) is 2. The summed E-state index contributed by atoms with van der Waals surface area (Å²) < 4.78 is 32.7. The van der Waals surface area contributed by atoms with Gasteiger partial charge in [0.15, 0.2) is 0 Å². The van der Waals surface area contributed by atoms with E-state index in [1.54, 1.807) is 12.1 Å². The Hall–Kier alpha value is -4.68. The van der Waals surface area contributed by atoms with Crippen molar-refractivity contribution >= 4 is 33.7 Å². The average Bonchev–Trinajstić information content (AvgIpc) is 3.61. The van der Waals surface area contributed by atoms with Gasteiger partial charge in [-0.05, 0) is 103 Å². The molecule has 5 rings (SSSR count). The SMILES string of the molecule is O=C(NCCN1CCCC1)c1cccc(-c2cccc(CN(CCc3ccc(O)cc3)C(=O)Cc3cccc(Br)c3)c2)c1.O=C(O)C(F)(F)F. The van der Waals surface area contributed by atoms with Gasteiger partial charge in [-0.3, -0.25) is 9.59 Å². The van der Waals surface area contributed by atoms with E-state index < -0.39 is 12.1 Å². The molecule has 1 heterocycles. The Balaban J connectivity index is 0.000000727. The van der Waals surface area contributed by atoms with Gasteiger partial charge < -0.3 is 25.3 Å². The minimum atomic E-state index is -5.08. The molecule has 1 fully saturated rings. The number of phenolic OH excluding ortho intramolecular Hbond substituents is 1. The fourth-order valence-electron chi connectivity index (χ4n) is 5.50. The van der Waals surface area contributed by atoms with E-state index in [0.29, 0.717) is 38.0 Å². The van der Waals surface area contributed by atoms with Crippen molar-refractivity contribution in [2.24, 2.45) is 0 Å². The molecule has 264 valence electrons. The van der Waals surface area contributed by atoms with Crippen molar-refractivity contribution in [1.82, 2.24) is 15.1 Å². The summed E-state index contributed by atoms with van der Waals surface area (Å²) in [6.07, 6.45) is -1.61. The molecule has 1 aliphatic rings. The Kier molecular flexibility index (Phi) is 14.0. The van der Waals surface area contributed by atoms with Crippen molar-refractivity contribution in [1.29, 1.82) is 0 Å². The Labute approximate surface area is 297 Å². The number of hydrogen-bond acceptors (Lipinski definition) is 5. The van der Waals surface area contributed by atoms with Gasteiger partial charge in [0.25, 0.3) is 5.91 Å². The number of amides is 2. The summed E-state index contributed by atoms with van der Waals surface area (Å²) in [6.45, 7) is 4.78. The van der Waals surface area contributed by atoms with Gasteiger partial charge in [0.1, 0.15) is 5.75 Å². The summed E-state index contributed by atoms with van der Waals surface area (Å²) in [5.74, 6) is -2.54. The lowest BCUT2D eigenvalue weighted by atomic mass is 10.0. The first-order valence-corrected chi connectivity index (χ1v) is 17.0. The van der Waals surface area contributed by atoms with Gasteiger partial charge in [-0.2, -0.15) is 13.2 Å². The first-order chi connectivity index (χ1) is 23.9. The quantitative estimate of drug-likeness (QED) is 0.143. The van der Waals surface area contributed by atoms with Crippen molar-refractivity contribution in [3.05, 3.63) is 124 Å². The van der Waals surface area contributed by atoms with Gasteiger partial charge in [0.05, 0.1) is 6.42 Å². The predicted octanol–water partition coefficient (Wildman–Crippen LogP) is 7.09. The molecular formula is C38H39BrF3N3O5. The first kappa shape index (κ1) is 38.1. The van der Waals surface area contributed by atoms with Crippen molar-refractivity contribution < 1.29 is 37.8 Å². The molecule has 1 aliphatic heterocycles. The topological polar surface area (TPSA) is 110 Å². The standard InChI is InChI=1S/C36H38BrN3O3.C2HF3O2/c37-33-11-4-6-28(23-33)24-35(42)40(20-16-27-12-14-34(41)15-13-27)26-29-7-3-8-30(22-29)31-9-5-10-32(25-31)36(43)38-17-21-39-18-1-2-19-39;3-2(4,5)1(6)7/h3-15,22-23,25,41H,1-2,16-21,24,26H2,(H,38,43);(H,6,7). The third kappa shape index (κ3) is 12.3. The second kappa shape index (κ2) is 18.4. The van der Waals surface area contributed by atoms with Gasteiger partial charge in [0, 0.05) is 36.2 Å². The minimum absolute atomic E-state index is 0.0508. The van der Waals surface area contributed by atoms with Crippen molar-refractivity contribution in [2.75, 3.05) is 32.7 Å². The molecule has 0 radical (unpaired) electrons. The zero-order valence-electron chi connectivity index (χ0n) is 27.3.